The molecule has 0 atom stereocenters. The van der Waals surface area contributed by atoms with Crippen molar-refractivity contribution in [2.75, 3.05) is 19.0 Å². The van der Waals surface area contributed by atoms with E-state index in [9.17, 15) is 8.42 Å². The average molecular weight is 307 g/mol. The zero-order valence-electron chi connectivity index (χ0n) is 11.1. The summed E-state index contributed by atoms with van der Waals surface area (Å²) < 4.78 is 25.8. The maximum Gasteiger partial charge on any atom is 0.244 e. The van der Waals surface area contributed by atoms with E-state index in [1.807, 2.05) is 0 Å². The molecule has 0 saturated heterocycles. The van der Waals surface area contributed by atoms with Crippen molar-refractivity contribution >= 4 is 27.4 Å². The molecule has 1 aromatic heterocycles. The molecule has 3 N–H and O–H groups in total. The molecule has 8 heteroatoms. The number of hydrogen-bond donors (Lipinski definition) is 2. The van der Waals surface area contributed by atoms with E-state index < -0.39 is 10.0 Å². The smallest absolute Gasteiger partial charge is 0.244 e. The van der Waals surface area contributed by atoms with Crippen LogP contribution in [-0.2, 0) is 10.0 Å². The highest BCUT2D eigenvalue weighted by Crippen LogP contribution is 2.23. The van der Waals surface area contributed by atoms with Gasteiger partial charge in [0.15, 0.2) is 5.82 Å². The molecule has 0 amide bonds. The summed E-state index contributed by atoms with van der Waals surface area (Å²) >= 11 is 5.88. The van der Waals surface area contributed by atoms with Gasteiger partial charge in [0.2, 0.25) is 10.0 Å². The molecular weight excluding hydrogens is 288 g/mol. The number of anilines is 1. The van der Waals surface area contributed by atoms with Gasteiger partial charge in [0.05, 0.1) is 5.02 Å². The fraction of sp³-hybridized carbons (Fsp3) is 0.545. The molecule has 0 radical (unpaired) electrons. The second-order valence-electron chi connectivity index (χ2n) is 4.18. The van der Waals surface area contributed by atoms with Gasteiger partial charge in [0, 0.05) is 19.8 Å². The molecule has 0 unspecified atom stereocenters. The van der Waals surface area contributed by atoms with Crippen molar-refractivity contribution in [2.45, 2.75) is 31.1 Å². The van der Waals surface area contributed by atoms with Crippen molar-refractivity contribution in [3.05, 3.63) is 17.3 Å². The molecule has 0 saturated carbocycles. The predicted octanol–water partition coefficient (Wildman–Crippen LogP) is 1.83. The van der Waals surface area contributed by atoms with E-state index in [-0.39, 0.29) is 15.7 Å². The van der Waals surface area contributed by atoms with Gasteiger partial charge in [-0.2, -0.15) is 0 Å². The summed E-state index contributed by atoms with van der Waals surface area (Å²) in [7, 11) is -2.00. The number of rotatable bonds is 7. The van der Waals surface area contributed by atoms with Gasteiger partial charge in [0.25, 0.3) is 0 Å². The van der Waals surface area contributed by atoms with Gasteiger partial charge in [-0.05, 0) is 12.5 Å². The number of nitrogens with two attached hydrogens (primary N) is 1. The summed E-state index contributed by atoms with van der Waals surface area (Å²) in [6, 6.07) is 1.34. The molecule has 1 aromatic rings. The number of nitrogen functional groups attached to an aromatic ring is 1. The molecule has 0 aliphatic carbocycles. The van der Waals surface area contributed by atoms with Gasteiger partial charge in [-0.3, -0.25) is 0 Å². The molecule has 0 spiro atoms. The zero-order valence-corrected chi connectivity index (χ0v) is 12.6. The summed E-state index contributed by atoms with van der Waals surface area (Å²) in [5, 5.41) is 0.172. The zero-order chi connectivity index (χ0) is 14.5. The van der Waals surface area contributed by atoms with Crippen LogP contribution in [0, 0.1) is 0 Å². The molecular formula is C11H19ClN4O2S. The van der Waals surface area contributed by atoms with Crippen molar-refractivity contribution in [3.8, 4) is 0 Å². The first kappa shape index (κ1) is 16.2. The van der Waals surface area contributed by atoms with E-state index in [2.05, 4.69) is 17.3 Å². The number of sulfonamides is 1. The van der Waals surface area contributed by atoms with E-state index >= 15 is 0 Å². The van der Waals surface area contributed by atoms with Gasteiger partial charge in [-0.1, -0.05) is 31.4 Å². The number of unbranched alkanes of at least 4 members (excludes halogenated alkanes) is 2. The highest BCUT2D eigenvalue weighted by atomic mass is 35.5. The molecule has 1 heterocycles. The fourth-order valence-corrected chi connectivity index (χ4v) is 3.02. The lowest BCUT2D eigenvalue weighted by Crippen LogP contribution is -2.28. The van der Waals surface area contributed by atoms with Crippen molar-refractivity contribution in [1.29, 1.82) is 0 Å². The first-order valence-electron chi connectivity index (χ1n) is 6.02. The van der Waals surface area contributed by atoms with Crippen LogP contribution in [0.5, 0.6) is 0 Å². The van der Waals surface area contributed by atoms with Gasteiger partial charge in [-0.15, -0.1) is 0 Å². The van der Waals surface area contributed by atoms with E-state index in [1.54, 1.807) is 7.05 Å². The Hall–Kier alpha value is -0.890. The normalized spacial score (nSPS) is 11.8. The summed E-state index contributed by atoms with van der Waals surface area (Å²) in [5.41, 5.74) is 2.29. The van der Waals surface area contributed by atoms with Gasteiger partial charge < -0.3 is 5.43 Å². The van der Waals surface area contributed by atoms with E-state index in [0.29, 0.717) is 6.54 Å². The molecule has 0 aromatic carbocycles. The van der Waals surface area contributed by atoms with Crippen LogP contribution < -0.4 is 11.3 Å². The summed E-state index contributed by atoms with van der Waals surface area (Å²) in [4.78, 5) is 3.93. The minimum atomic E-state index is -3.55. The Bertz CT molecular complexity index is 521. The Balaban J connectivity index is 2.90. The Morgan fingerprint density at radius 1 is 1.47 bits per heavy atom. The average Bonchev–Trinajstić information content (AvgIpc) is 2.38. The molecule has 1 rings (SSSR count). The van der Waals surface area contributed by atoms with Crippen molar-refractivity contribution in [3.63, 3.8) is 0 Å². The fourth-order valence-electron chi connectivity index (χ4n) is 1.55. The monoisotopic (exact) mass is 306 g/mol. The Kier molecular flexibility index (Phi) is 5.99. The molecule has 108 valence electrons. The number of hydrogen-bond acceptors (Lipinski definition) is 5. The van der Waals surface area contributed by atoms with Crippen LogP contribution in [-0.4, -0.2) is 31.3 Å². The molecule has 0 aliphatic heterocycles. The standard InChI is InChI=1S/C11H19ClN4O2S/c1-3-4-5-6-16(2)19(17,18)9-7-10(12)11(15-13)14-8-9/h7-8H,3-6,13H2,1-2H3,(H,14,15). The van der Waals surface area contributed by atoms with Crippen molar-refractivity contribution in [1.82, 2.24) is 9.29 Å². The second-order valence-corrected chi connectivity index (χ2v) is 6.63. The molecule has 0 fully saturated rings. The highest BCUT2D eigenvalue weighted by Gasteiger charge is 2.21. The quantitative estimate of drug-likeness (QED) is 0.456. The minimum Gasteiger partial charge on any atom is -0.307 e. The van der Waals surface area contributed by atoms with Crippen LogP contribution in [0.4, 0.5) is 5.82 Å². The van der Waals surface area contributed by atoms with Crippen LogP contribution in [0.15, 0.2) is 17.2 Å². The first-order chi connectivity index (χ1) is 8.93. The summed E-state index contributed by atoms with van der Waals surface area (Å²) in [6.07, 6.45) is 4.11. The number of nitrogens with one attached hydrogen (secondary N) is 1. The summed E-state index contributed by atoms with van der Waals surface area (Å²) in [5.74, 6) is 5.44. The molecule has 19 heavy (non-hydrogen) atoms. The third kappa shape index (κ3) is 4.04. The SMILES string of the molecule is CCCCCN(C)S(=O)(=O)c1cnc(NN)c(Cl)c1. The Morgan fingerprint density at radius 2 is 2.16 bits per heavy atom. The Morgan fingerprint density at radius 3 is 2.68 bits per heavy atom. The van der Waals surface area contributed by atoms with Gasteiger partial charge in [-0.25, -0.2) is 23.5 Å². The maximum atomic E-state index is 12.3. The number of aromatic nitrogens is 1. The number of halogens is 1. The lowest BCUT2D eigenvalue weighted by atomic mass is 10.2. The van der Waals surface area contributed by atoms with Crippen molar-refractivity contribution in [2.24, 2.45) is 5.84 Å². The number of nitrogens with zero attached hydrogens (tertiary/aromatic N) is 2. The second kappa shape index (κ2) is 7.04. The van der Waals surface area contributed by atoms with Crippen LogP contribution in [0.2, 0.25) is 5.02 Å². The topological polar surface area (TPSA) is 88.3 Å². The van der Waals surface area contributed by atoms with Gasteiger partial charge in [0.1, 0.15) is 4.90 Å². The van der Waals surface area contributed by atoms with Crippen molar-refractivity contribution < 1.29 is 8.42 Å². The third-order valence-corrected chi connectivity index (χ3v) is 4.85. The molecule has 6 nitrogen and oxygen atoms in total. The molecule has 0 aliphatic rings. The van der Waals surface area contributed by atoms with Crippen LogP contribution in [0.3, 0.4) is 0 Å². The largest absolute Gasteiger partial charge is 0.307 e. The minimum absolute atomic E-state index is 0.0653. The number of hydrazine groups is 1. The number of pyridine rings is 1. The maximum absolute atomic E-state index is 12.3. The Labute approximate surface area is 119 Å². The molecule has 0 bridgehead atoms. The summed E-state index contributed by atoms with van der Waals surface area (Å²) in [6.45, 7) is 2.54. The van der Waals surface area contributed by atoms with E-state index in [0.717, 1.165) is 19.3 Å². The lowest BCUT2D eigenvalue weighted by Gasteiger charge is -2.17. The van der Waals surface area contributed by atoms with Crippen LogP contribution in [0.1, 0.15) is 26.2 Å². The van der Waals surface area contributed by atoms with Crippen LogP contribution >= 0.6 is 11.6 Å². The predicted molar refractivity (Wildman–Crippen MR) is 76.4 cm³/mol. The third-order valence-electron chi connectivity index (χ3n) is 2.74. The van der Waals surface area contributed by atoms with E-state index in [4.69, 9.17) is 17.4 Å². The van der Waals surface area contributed by atoms with E-state index in [1.165, 1.54) is 16.6 Å². The van der Waals surface area contributed by atoms with Gasteiger partial charge >= 0.3 is 0 Å². The first-order valence-corrected chi connectivity index (χ1v) is 7.83. The van der Waals surface area contributed by atoms with Crippen LogP contribution in [0.25, 0.3) is 0 Å². The lowest BCUT2D eigenvalue weighted by molar-refractivity contribution is 0.454. The highest BCUT2D eigenvalue weighted by molar-refractivity contribution is 7.89.